The van der Waals surface area contributed by atoms with Gasteiger partial charge in [-0.05, 0) is 32.2 Å². The first kappa shape index (κ1) is 20.0. The third kappa shape index (κ3) is 5.09. The minimum absolute atomic E-state index is 0.0905. The van der Waals surface area contributed by atoms with E-state index in [9.17, 15) is 14.4 Å². The number of carbonyl (C=O) groups excluding carboxylic acids is 3. The minimum Gasteiger partial charge on any atom is -0.452 e. The Kier molecular flexibility index (Phi) is 6.81. The second kappa shape index (κ2) is 8.86. The van der Waals surface area contributed by atoms with Gasteiger partial charge in [0.1, 0.15) is 10.8 Å². The number of aryl methyl sites for hydroxylation is 2. The summed E-state index contributed by atoms with van der Waals surface area (Å²) in [7, 11) is 0. The number of rotatable bonds is 8. The molecule has 0 saturated heterocycles. The SMILES string of the molecule is Cc1noc(C)c1CSCC(=O)OC(C)C(=O)Nc1sccc1C(N)=O. The number of esters is 1. The number of thioether (sulfide) groups is 1. The standard InChI is InChI=1S/C16H19N3O5S2/c1-8-12(9(2)24-19-8)6-25-7-13(20)23-10(3)15(22)18-16-11(14(17)21)4-5-26-16/h4-5,10H,6-7H2,1-3H3,(H2,17,21)(H,18,22). The van der Waals surface area contributed by atoms with Crippen LogP contribution in [0.5, 0.6) is 0 Å². The Hall–Kier alpha value is -2.33. The van der Waals surface area contributed by atoms with Gasteiger partial charge >= 0.3 is 5.97 Å². The average molecular weight is 397 g/mol. The van der Waals surface area contributed by atoms with Crippen molar-refractivity contribution in [1.29, 1.82) is 0 Å². The molecule has 0 fully saturated rings. The number of ether oxygens (including phenoxy) is 1. The van der Waals surface area contributed by atoms with E-state index in [2.05, 4.69) is 10.5 Å². The molecule has 1 atom stereocenters. The van der Waals surface area contributed by atoms with E-state index in [0.29, 0.717) is 10.8 Å². The lowest BCUT2D eigenvalue weighted by molar-refractivity contribution is -0.150. The van der Waals surface area contributed by atoms with E-state index in [1.165, 1.54) is 36.1 Å². The summed E-state index contributed by atoms with van der Waals surface area (Å²) in [5.41, 5.74) is 7.18. The molecule has 0 aliphatic carbocycles. The monoisotopic (exact) mass is 397 g/mol. The summed E-state index contributed by atoms with van der Waals surface area (Å²) in [6.07, 6.45) is -0.995. The zero-order chi connectivity index (χ0) is 19.3. The molecule has 2 amide bonds. The highest BCUT2D eigenvalue weighted by atomic mass is 32.2. The van der Waals surface area contributed by atoms with Crippen LogP contribution in [0.3, 0.4) is 0 Å². The van der Waals surface area contributed by atoms with Crippen LogP contribution in [0, 0.1) is 13.8 Å². The average Bonchev–Trinajstić information content (AvgIpc) is 3.16. The van der Waals surface area contributed by atoms with Gasteiger partial charge < -0.3 is 20.3 Å². The first-order chi connectivity index (χ1) is 12.3. The van der Waals surface area contributed by atoms with Crippen LogP contribution < -0.4 is 11.1 Å². The summed E-state index contributed by atoms with van der Waals surface area (Å²) in [5, 5.41) is 8.36. The minimum atomic E-state index is -0.995. The van der Waals surface area contributed by atoms with Crippen molar-refractivity contribution in [3.63, 3.8) is 0 Å². The van der Waals surface area contributed by atoms with E-state index < -0.39 is 23.9 Å². The fourth-order valence-electron chi connectivity index (χ4n) is 2.04. The maximum absolute atomic E-state index is 12.1. The molecule has 2 aromatic heterocycles. The van der Waals surface area contributed by atoms with Crippen molar-refractivity contribution in [2.24, 2.45) is 5.73 Å². The number of thiophene rings is 1. The van der Waals surface area contributed by atoms with Crippen LogP contribution in [-0.2, 0) is 20.1 Å². The maximum Gasteiger partial charge on any atom is 0.316 e. The Labute approximate surface area is 158 Å². The van der Waals surface area contributed by atoms with Gasteiger partial charge in [-0.25, -0.2) is 0 Å². The lowest BCUT2D eigenvalue weighted by Crippen LogP contribution is -2.31. The van der Waals surface area contributed by atoms with Crippen LogP contribution in [0.15, 0.2) is 16.0 Å². The summed E-state index contributed by atoms with van der Waals surface area (Å²) in [6.45, 7) is 5.11. The van der Waals surface area contributed by atoms with E-state index in [4.69, 9.17) is 15.0 Å². The summed E-state index contributed by atoms with van der Waals surface area (Å²) in [6, 6.07) is 1.52. The number of aromatic nitrogens is 1. The van der Waals surface area contributed by atoms with Crippen molar-refractivity contribution in [3.05, 3.63) is 34.0 Å². The van der Waals surface area contributed by atoms with Crippen molar-refractivity contribution < 1.29 is 23.6 Å². The van der Waals surface area contributed by atoms with Gasteiger partial charge in [0.2, 0.25) is 0 Å². The van der Waals surface area contributed by atoms with Gasteiger partial charge in [-0.2, -0.15) is 0 Å². The third-order valence-electron chi connectivity index (χ3n) is 3.49. The van der Waals surface area contributed by atoms with Gasteiger partial charge in [-0.15, -0.1) is 23.1 Å². The molecule has 26 heavy (non-hydrogen) atoms. The molecule has 0 aliphatic heterocycles. The Balaban J connectivity index is 1.80. The zero-order valence-corrected chi connectivity index (χ0v) is 16.2. The number of hydrogen-bond acceptors (Lipinski definition) is 8. The van der Waals surface area contributed by atoms with Gasteiger partial charge in [-0.1, -0.05) is 5.16 Å². The lowest BCUT2D eigenvalue weighted by atomic mass is 10.2. The van der Waals surface area contributed by atoms with Gasteiger partial charge in [0, 0.05) is 11.3 Å². The molecular formula is C16H19N3O5S2. The predicted molar refractivity (Wildman–Crippen MR) is 99.2 cm³/mol. The Morgan fingerprint density at radius 2 is 2.15 bits per heavy atom. The van der Waals surface area contributed by atoms with Crippen molar-refractivity contribution in [2.75, 3.05) is 11.1 Å². The molecule has 2 heterocycles. The quantitative estimate of drug-likeness (QED) is 0.655. The first-order valence-corrected chi connectivity index (χ1v) is 9.70. The fourth-order valence-corrected chi connectivity index (χ4v) is 3.79. The topological polar surface area (TPSA) is 125 Å². The highest BCUT2D eigenvalue weighted by molar-refractivity contribution is 7.99. The molecule has 140 valence electrons. The van der Waals surface area contributed by atoms with E-state index in [1.54, 1.807) is 5.38 Å². The molecule has 0 bridgehead atoms. The van der Waals surface area contributed by atoms with Crippen LogP contribution in [0.25, 0.3) is 0 Å². The highest BCUT2D eigenvalue weighted by Crippen LogP contribution is 2.23. The number of nitrogens with two attached hydrogens (primary N) is 1. The van der Waals surface area contributed by atoms with E-state index in [0.717, 1.165) is 17.0 Å². The smallest absolute Gasteiger partial charge is 0.316 e. The predicted octanol–water partition coefficient (Wildman–Crippen LogP) is 2.26. The van der Waals surface area contributed by atoms with E-state index >= 15 is 0 Å². The molecule has 10 heteroatoms. The maximum atomic E-state index is 12.1. The Bertz CT molecular complexity index is 795. The Morgan fingerprint density at radius 3 is 2.77 bits per heavy atom. The zero-order valence-electron chi connectivity index (χ0n) is 14.5. The highest BCUT2D eigenvalue weighted by Gasteiger charge is 2.21. The molecule has 0 spiro atoms. The van der Waals surface area contributed by atoms with Crippen LogP contribution in [0.4, 0.5) is 5.00 Å². The second-order valence-electron chi connectivity index (χ2n) is 5.44. The molecule has 0 aromatic carbocycles. The van der Waals surface area contributed by atoms with Crippen molar-refractivity contribution >= 4 is 45.9 Å². The molecule has 2 aromatic rings. The largest absolute Gasteiger partial charge is 0.452 e. The van der Waals surface area contributed by atoms with Crippen molar-refractivity contribution in [1.82, 2.24) is 5.16 Å². The number of nitrogens with zero attached hydrogens (tertiary/aromatic N) is 1. The molecule has 0 radical (unpaired) electrons. The van der Waals surface area contributed by atoms with Crippen LogP contribution in [0.2, 0.25) is 0 Å². The summed E-state index contributed by atoms with van der Waals surface area (Å²) in [4.78, 5) is 35.3. The van der Waals surface area contributed by atoms with Crippen molar-refractivity contribution in [2.45, 2.75) is 32.6 Å². The van der Waals surface area contributed by atoms with Gasteiger partial charge in [0.25, 0.3) is 11.8 Å². The lowest BCUT2D eigenvalue weighted by Gasteiger charge is -2.13. The summed E-state index contributed by atoms with van der Waals surface area (Å²) < 4.78 is 10.2. The molecule has 1 unspecified atom stereocenters. The van der Waals surface area contributed by atoms with E-state index in [1.807, 2.05) is 13.8 Å². The summed E-state index contributed by atoms with van der Waals surface area (Å²) >= 11 is 2.51. The van der Waals surface area contributed by atoms with Crippen LogP contribution in [0.1, 0.15) is 34.3 Å². The molecule has 0 aliphatic rings. The molecule has 0 saturated carbocycles. The van der Waals surface area contributed by atoms with Crippen LogP contribution >= 0.6 is 23.1 Å². The van der Waals surface area contributed by atoms with Gasteiger partial charge in [0.15, 0.2) is 6.10 Å². The molecule has 8 nitrogen and oxygen atoms in total. The molecule has 3 N–H and O–H groups in total. The summed E-state index contributed by atoms with van der Waals surface area (Å²) in [5.74, 6) is -0.301. The van der Waals surface area contributed by atoms with Crippen LogP contribution in [-0.4, -0.2) is 34.8 Å². The number of anilines is 1. The third-order valence-corrected chi connectivity index (χ3v) is 5.25. The van der Waals surface area contributed by atoms with E-state index in [-0.39, 0.29) is 11.3 Å². The number of amides is 2. The number of hydrogen-bond donors (Lipinski definition) is 2. The second-order valence-corrected chi connectivity index (χ2v) is 7.35. The van der Waals surface area contributed by atoms with Gasteiger partial charge in [0.05, 0.1) is 17.0 Å². The Morgan fingerprint density at radius 1 is 1.42 bits per heavy atom. The number of primary amides is 1. The number of carbonyl (C=O) groups is 3. The fraction of sp³-hybridized carbons (Fsp3) is 0.375. The molecular weight excluding hydrogens is 378 g/mol. The normalized spacial score (nSPS) is 11.8. The first-order valence-electron chi connectivity index (χ1n) is 7.66. The number of nitrogens with one attached hydrogen (secondary N) is 1. The van der Waals surface area contributed by atoms with Gasteiger partial charge in [-0.3, -0.25) is 14.4 Å². The van der Waals surface area contributed by atoms with Crippen molar-refractivity contribution in [3.8, 4) is 0 Å². The molecule has 2 rings (SSSR count).